The molecule has 0 heterocycles. The van der Waals surface area contributed by atoms with Gasteiger partial charge < -0.3 is 4.74 Å². The number of rotatable bonds is 4. The minimum atomic E-state index is -2.49. The number of carbonyl (C=O) groups is 1. The Bertz CT molecular complexity index is 459. The first-order valence-electron chi connectivity index (χ1n) is 7.11. The van der Waals surface area contributed by atoms with Crippen molar-refractivity contribution >= 4 is 6.47 Å². The third kappa shape index (κ3) is 2.56. The average molecular weight is 280 g/mol. The Hall–Kier alpha value is -1.45. The first-order valence-corrected chi connectivity index (χ1v) is 7.11. The molecule has 2 nitrogen and oxygen atoms in total. The summed E-state index contributed by atoms with van der Waals surface area (Å²) in [6, 6.07) is 9.57. The molecule has 4 heteroatoms. The second-order valence-corrected chi connectivity index (χ2v) is 6.08. The van der Waals surface area contributed by atoms with Crippen molar-refractivity contribution in [2.24, 2.45) is 17.8 Å². The number of hydrogen-bond donors (Lipinski definition) is 0. The zero-order chi connectivity index (χ0) is 14.2. The SMILES string of the molecule is O=COC(c1ccccc1)C1CC2CC(F)(F)CC2C1. The van der Waals surface area contributed by atoms with Gasteiger partial charge in [-0.15, -0.1) is 0 Å². The van der Waals surface area contributed by atoms with Crippen LogP contribution in [0.15, 0.2) is 30.3 Å². The maximum atomic E-state index is 13.4. The van der Waals surface area contributed by atoms with Gasteiger partial charge in [0.2, 0.25) is 5.92 Å². The highest BCUT2D eigenvalue weighted by Crippen LogP contribution is 2.55. The fourth-order valence-electron chi connectivity index (χ4n) is 4.02. The second-order valence-electron chi connectivity index (χ2n) is 6.08. The highest BCUT2D eigenvalue weighted by atomic mass is 19.3. The highest BCUT2D eigenvalue weighted by Gasteiger charge is 2.52. The molecule has 0 N–H and O–H groups in total. The first kappa shape index (κ1) is 13.5. The van der Waals surface area contributed by atoms with Crippen LogP contribution in [0.3, 0.4) is 0 Å². The number of halogens is 2. The first-order chi connectivity index (χ1) is 9.59. The topological polar surface area (TPSA) is 26.3 Å². The molecule has 3 rings (SSSR count). The van der Waals surface area contributed by atoms with Crippen molar-refractivity contribution in [3.8, 4) is 0 Å². The van der Waals surface area contributed by atoms with Gasteiger partial charge in [0.1, 0.15) is 6.10 Å². The third-order valence-corrected chi connectivity index (χ3v) is 4.76. The number of carbonyl (C=O) groups excluding carboxylic acids is 1. The van der Waals surface area contributed by atoms with Crippen molar-refractivity contribution in [2.75, 3.05) is 0 Å². The van der Waals surface area contributed by atoms with E-state index in [1.807, 2.05) is 30.3 Å². The molecule has 3 unspecified atom stereocenters. The minimum absolute atomic E-state index is 0.00321. The van der Waals surface area contributed by atoms with Gasteiger partial charge in [-0.25, -0.2) is 8.78 Å². The van der Waals surface area contributed by atoms with Crippen molar-refractivity contribution in [2.45, 2.75) is 37.7 Å². The van der Waals surface area contributed by atoms with Crippen LogP contribution in [0.25, 0.3) is 0 Å². The van der Waals surface area contributed by atoms with Crippen LogP contribution in [0.5, 0.6) is 0 Å². The predicted octanol–water partition coefficient (Wildman–Crippen LogP) is 3.97. The van der Waals surface area contributed by atoms with E-state index in [4.69, 9.17) is 4.74 Å². The number of alkyl halides is 2. The predicted molar refractivity (Wildman–Crippen MR) is 70.2 cm³/mol. The van der Waals surface area contributed by atoms with E-state index < -0.39 is 5.92 Å². The van der Waals surface area contributed by atoms with Gasteiger partial charge in [0.15, 0.2) is 0 Å². The summed E-state index contributed by atoms with van der Waals surface area (Å²) in [4.78, 5) is 10.8. The van der Waals surface area contributed by atoms with Gasteiger partial charge in [0, 0.05) is 18.8 Å². The molecular formula is C16H18F2O2. The van der Waals surface area contributed by atoms with E-state index in [1.54, 1.807) is 0 Å². The lowest BCUT2D eigenvalue weighted by atomic mass is 9.91. The molecule has 0 aromatic heterocycles. The molecule has 2 aliphatic rings. The normalized spacial score (nSPS) is 32.6. The molecule has 20 heavy (non-hydrogen) atoms. The molecule has 0 amide bonds. The van der Waals surface area contributed by atoms with Gasteiger partial charge in [0.05, 0.1) is 0 Å². The molecule has 0 bridgehead atoms. The van der Waals surface area contributed by atoms with Gasteiger partial charge >= 0.3 is 0 Å². The molecule has 3 atom stereocenters. The van der Waals surface area contributed by atoms with Crippen LogP contribution >= 0.6 is 0 Å². The Kier molecular flexibility index (Phi) is 3.48. The van der Waals surface area contributed by atoms with Gasteiger partial charge in [0.25, 0.3) is 6.47 Å². The van der Waals surface area contributed by atoms with Gasteiger partial charge in [-0.05, 0) is 30.2 Å². The van der Waals surface area contributed by atoms with E-state index in [-0.39, 0.29) is 36.7 Å². The summed E-state index contributed by atoms with van der Waals surface area (Å²) in [5, 5.41) is 0. The Morgan fingerprint density at radius 2 is 1.75 bits per heavy atom. The van der Waals surface area contributed by atoms with Crippen LogP contribution in [0, 0.1) is 17.8 Å². The molecule has 1 aromatic carbocycles. The average Bonchev–Trinajstić information content (AvgIpc) is 2.90. The third-order valence-electron chi connectivity index (χ3n) is 4.76. The Morgan fingerprint density at radius 3 is 2.30 bits per heavy atom. The van der Waals surface area contributed by atoms with E-state index in [0.717, 1.165) is 18.4 Å². The van der Waals surface area contributed by atoms with E-state index in [2.05, 4.69) is 0 Å². The molecular weight excluding hydrogens is 262 g/mol. The van der Waals surface area contributed by atoms with Gasteiger partial charge in [-0.1, -0.05) is 30.3 Å². The van der Waals surface area contributed by atoms with Crippen molar-refractivity contribution in [1.82, 2.24) is 0 Å². The lowest BCUT2D eigenvalue weighted by Crippen LogP contribution is -2.17. The van der Waals surface area contributed by atoms with Crippen LogP contribution in [0.2, 0.25) is 0 Å². The summed E-state index contributed by atoms with van der Waals surface area (Å²) in [7, 11) is 0. The van der Waals surface area contributed by atoms with Crippen molar-refractivity contribution < 1.29 is 18.3 Å². The number of ether oxygens (including phenoxy) is 1. The van der Waals surface area contributed by atoms with Crippen molar-refractivity contribution in [3.63, 3.8) is 0 Å². The van der Waals surface area contributed by atoms with E-state index >= 15 is 0 Å². The Balaban J connectivity index is 1.74. The maximum absolute atomic E-state index is 13.4. The molecule has 0 spiro atoms. The lowest BCUT2D eigenvalue weighted by molar-refractivity contribution is -0.136. The zero-order valence-corrected chi connectivity index (χ0v) is 11.2. The Labute approximate surface area is 117 Å². The van der Waals surface area contributed by atoms with Crippen LogP contribution in [0.1, 0.15) is 37.4 Å². The van der Waals surface area contributed by atoms with Crippen LogP contribution < -0.4 is 0 Å². The summed E-state index contributed by atoms with van der Waals surface area (Å²) in [5.74, 6) is -2.17. The molecule has 1 aromatic rings. The number of benzene rings is 1. The monoisotopic (exact) mass is 280 g/mol. The molecule has 0 aliphatic heterocycles. The Morgan fingerprint density at radius 1 is 1.15 bits per heavy atom. The van der Waals surface area contributed by atoms with E-state index in [0.29, 0.717) is 6.47 Å². The molecule has 0 saturated heterocycles. The summed E-state index contributed by atoms with van der Waals surface area (Å²) < 4.78 is 32.0. The molecule has 108 valence electrons. The largest absolute Gasteiger partial charge is 0.459 e. The van der Waals surface area contributed by atoms with Crippen molar-refractivity contribution in [1.29, 1.82) is 0 Å². The number of fused-ring (bicyclic) bond motifs is 1. The van der Waals surface area contributed by atoms with E-state index in [1.165, 1.54) is 0 Å². The summed E-state index contributed by atoms with van der Waals surface area (Å²) >= 11 is 0. The quantitative estimate of drug-likeness (QED) is 0.780. The standard InChI is InChI=1S/C16H18F2O2/c17-16(18)8-13-6-12(7-14(13)9-16)15(20-10-19)11-4-2-1-3-5-11/h1-5,10,12-15H,6-9H2. The zero-order valence-electron chi connectivity index (χ0n) is 11.2. The molecule has 2 fully saturated rings. The molecule has 0 radical (unpaired) electrons. The fraction of sp³-hybridized carbons (Fsp3) is 0.562. The van der Waals surface area contributed by atoms with E-state index in [9.17, 15) is 13.6 Å². The lowest BCUT2D eigenvalue weighted by Gasteiger charge is -2.23. The van der Waals surface area contributed by atoms with Crippen LogP contribution in [-0.2, 0) is 9.53 Å². The smallest absolute Gasteiger partial charge is 0.293 e. The van der Waals surface area contributed by atoms with Gasteiger partial charge in [-0.2, -0.15) is 0 Å². The maximum Gasteiger partial charge on any atom is 0.293 e. The fourth-order valence-corrected chi connectivity index (χ4v) is 4.02. The summed E-state index contributed by atoms with van der Waals surface area (Å²) in [5.41, 5.74) is 0.955. The summed E-state index contributed by atoms with van der Waals surface area (Å²) in [6.45, 7) is 0.473. The molecule has 2 aliphatic carbocycles. The van der Waals surface area contributed by atoms with Crippen molar-refractivity contribution in [3.05, 3.63) is 35.9 Å². The van der Waals surface area contributed by atoms with Gasteiger partial charge in [-0.3, -0.25) is 4.79 Å². The highest BCUT2D eigenvalue weighted by molar-refractivity contribution is 5.39. The minimum Gasteiger partial charge on any atom is -0.459 e. The molecule has 2 saturated carbocycles. The van der Waals surface area contributed by atoms with Crippen LogP contribution in [-0.4, -0.2) is 12.4 Å². The second kappa shape index (κ2) is 5.15. The summed E-state index contributed by atoms with van der Waals surface area (Å²) in [6.07, 6.45) is 1.16. The number of hydrogen-bond acceptors (Lipinski definition) is 2. The van der Waals surface area contributed by atoms with Crippen LogP contribution in [0.4, 0.5) is 8.78 Å².